The lowest BCUT2D eigenvalue weighted by Gasteiger charge is -2.18. The molecule has 0 amide bonds. The molecular weight excluding hydrogens is 198 g/mol. The number of hydrogen-bond acceptors (Lipinski definition) is 5. The smallest absolute Gasteiger partial charge is 0.311 e. The van der Waals surface area contributed by atoms with Crippen LogP contribution in [-0.2, 0) is 14.3 Å². The molecule has 86 valence electrons. The van der Waals surface area contributed by atoms with Gasteiger partial charge in [0.25, 0.3) is 0 Å². The fraction of sp³-hybridized carbons (Fsp3) is 0.900. The minimum atomic E-state index is -0.590. The Hall–Kier alpha value is -0.650. The highest BCUT2D eigenvalue weighted by atomic mass is 16.5. The minimum Gasteiger partial charge on any atom is -0.469 e. The number of hydrogen-bond donors (Lipinski definition) is 2. The number of esters is 1. The van der Waals surface area contributed by atoms with E-state index in [1.165, 1.54) is 7.11 Å². The molecule has 1 saturated heterocycles. The second-order valence-corrected chi connectivity index (χ2v) is 4.69. The first-order chi connectivity index (χ1) is 6.96. The average Bonchev–Trinajstić information content (AvgIpc) is 2.70. The Morgan fingerprint density at radius 2 is 2.27 bits per heavy atom. The summed E-state index contributed by atoms with van der Waals surface area (Å²) in [5.74, 6) is -0.789. The zero-order valence-electron chi connectivity index (χ0n) is 9.19. The number of aliphatic hydroxyl groups excluding tert-OH is 1. The van der Waals surface area contributed by atoms with E-state index in [0.29, 0.717) is 6.61 Å². The van der Waals surface area contributed by atoms with E-state index in [0.717, 1.165) is 0 Å². The van der Waals surface area contributed by atoms with Crippen molar-refractivity contribution in [1.29, 1.82) is 0 Å². The van der Waals surface area contributed by atoms with Gasteiger partial charge in [-0.3, -0.25) is 10.1 Å². The maximum absolute atomic E-state index is 11.3. The highest BCUT2D eigenvalue weighted by Crippen LogP contribution is 2.44. The van der Waals surface area contributed by atoms with Crippen LogP contribution in [0.2, 0.25) is 0 Å². The highest BCUT2D eigenvalue weighted by molar-refractivity contribution is 5.77. The van der Waals surface area contributed by atoms with E-state index in [4.69, 9.17) is 4.74 Å². The van der Waals surface area contributed by atoms with Crippen molar-refractivity contribution in [2.24, 2.45) is 11.8 Å². The topological polar surface area (TPSA) is 67.8 Å². The minimum absolute atomic E-state index is 0.0408. The van der Waals surface area contributed by atoms with Crippen LogP contribution in [0.1, 0.15) is 13.8 Å². The Kier molecular flexibility index (Phi) is 2.48. The fourth-order valence-electron chi connectivity index (χ4n) is 2.27. The summed E-state index contributed by atoms with van der Waals surface area (Å²) in [6.45, 7) is 4.38. The molecule has 2 aliphatic rings. The molecule has 1 aliphatic carbocycles. The number of carbonyl (C=O) groups is 1. The van der Waals surface area contributed by atoms with Crippen LogP contribution in [0.3, 0.4) is 0 Å². The van der Waals surface area contributed by atoms with Crippen molar-refractivity contribution in [3.05, 3.63) is 0 Å². The molecule has 0 spiro atoms. The third-order valence-electron chi connectivity index (χ3n) is 3.13. The predicted molar refractivity (Wildman–Crippen MR) is 52.0 cm³/mol. The van der Waals surface area contributed by atoms with Gasteiger partial charge in [-0.25, -0.2) is 0 Å². The molecule has 4 atom stereocenters. The van der Waals surface area contributed by atoms with Gasteiger partial charge in [0, 0.05) is 12.0 Å². The predicted octanol–water partition coefficient (Wildman–Crippen LogP) is -0.509. The first-order valence-corrected chi connectivity index (χ1v) is 5.14. The summed E-state index contributed by atoms with van der Waals surface area (Å²) in [6.07, 6.45) is -0.590. The summed E-state index contributed by atoms with van der Waals surface area (Å²) < 4.78 is 10.1. The van der Waals surface area contributed by atoms with Crippen LogP contribution in [0, 0.1) is 11.8 Å². The molecule has 4 unspecified atom stereocenters. The Morgan fingerprint density at radius 1 is 1.60 bits per heavy atom. The number of nitrogens with one attached hydrogen (secondary N) is 1. The Bertz CT molecular complexity index is 279. The first-order valence-electron chi connectivity index (χ1n) is 5.14. The lowest BCUT2D eigenvalue weighted by Crippen LogP contribution is -2.40. The molecule has 2 fully saturated rings. The lowest BCUT2D eigenvalue weighted by atomic mass is 10.1. The standard InChI is InChI=1S/C10H17NO4/c1-10(2)11-5(4-15-10)6-7(8(6)12)9(13)14-3/h5-8,11-12H,4H2,1-3H3. The number of methoxy groups -OCH3 is 1. The number of carbonyl (C=O) groups excluding carboxylic acids is 1. The van der Waals surface area contributed by atoms with E-state index in [1.54, 1.807) is 0 Å². The van der Waals surface area contributed by atoms with Crippen molar-refractivity contribution in [1.82, 2.24) is 5.32 Å². The number of aliphatic hydroxyl groups is 1. The van der Waals surface area contributed by atoms with Crippen molar-refractivity contribution in [2.75, 3.05) is 13.7 Å². The largest absolute Gasteiger partial charge is 0.469 e. The van der Waals surface area contributed by atoms with E-state index in [9.17, 15) is 9.90 Å². The Balaban J connectivity index is 1.95. The van der Waals surface area contributed by atoms with Crippen molar-refractivity contribution in [3.63, 3.8) is 0 Å². The molecule has 5 heteroatoms. The van der Waals surface area contributed by atoms with E-state index in [1.807, 2.05) is 13.8 Å². The molecule has 1 aliphatic heterocycles. The van der Waals surface area contributed by atoms with E-state index in [2.05, 4.69) is 10.1 Å². The first kappa shape index (κ1) is 10.9. The summed E-state index contributed by atoms with van der Waals surface area (Å²) in [7, 11) is 1.34. The van der Waals surface area contributed by atoms with Crippen LogP contribution >= 0.6 is 0 Å². The average molecular weight is 215 g/mol. The van der Waals surface area contributed by atoms with Gasteiger partial charge in [-0.1, -0.05) is 0 Å². The SMILES string of the molecule is COC(=O)C1C(O)C1C1COC(C)(C)N1. The second-order valence-electron chi connectivity index (χ2n) is 4.69. The molecule has 0 bridgehead atoms. The van der Waals surface area contributed by atoms with Crippen LogP contribution in [0.15, 0.2) is 0 Å². The van der Waals surface area contributed by atoms with Gasteiger partial charge in [0.15, 0.2) is 0 Å². The number of rotatable bonds is 2. The van der Waals surface area contributed by atoms with Gasteiger partial charge in [0.05, 0.1) is 25.7 Å². The van der Waals surface area contributed by atoms with Gasteiger partial charge in [0.1, 0.15) is 5.72 Å². The highest BCUT2D eigenvalue weighted by Gasteiger charge is 2.60. The van der Waals surface area contributed by atoms with E-state index < -0.39 is 6.10 Å². The van der Waals surface area contributed by atoms with Crippen LogP contribution in [0.25, 0.3) is 0 Å². The molecule has 0 aromatic heterocycles. The van der Waals surface area contributed by atoms with Crippen molar-refractivity contribution in [3.8, 4) is 0 Å². The lowest BCUT2D eigenvalue weighted by molar-refractivity contribution is -0.143. The molecule has 1 saturated carbocycles. The van der Waals surface area contributed by atoms with Crippen LogP contribution in [-0.4, -0.2) is 42.7 Å². The van der Waals surface area contributed by atoms with E-state index >= 15 is 0 Å². The molecule has 0 aromatic rings. The fourth-order valence-corrected chi connectivity index (χ4v) is 2.27. The molecule has 2 N–H and O–H groups in total. The van der Waals surface area contributed by atoms with Crippen molar-refractivity contribution in [2.45, 2.75) is 31.7 Å². The summed E-state index contributed by atoms with van der Waals surface area (Å²) in [5, 5.41) is 12.9. The second kappa shape index (κ2) is 3.43. The quantitative estimate of drug-likeness (QED) is 0.607. The van der Waals surface area contributed by atoms with Crippen LogP contribution in [0.4, 0.5) is 0 Å². The van der Waals surface area contributed by atoms with Gasteiger partial charge < -0.3 is 14.6 Å². The third-order valence-corrected chi connectivity index (χ3v) is 3.13. The maximum Gasteiger partial charge on any atom is 0.311 e. The Labute approximate surface area is 88.7 Å². The molecule has 0 aromatic carbocycles. The maximum atomic E-state index is 11.3. The van der Waals surface area contributed by atoms with E-state index in [-0.39, 0.29) is 29.6 Å². The molecule has 2 rings (SSSR count). The summed E-state index contributed by atoms with van der Waals surface area (Å²) in [5.41, 5.74) is -0.367. The number of ether oxygens (including phenoxy) is 2. The summed E-state index contributed by atoms with van der Waals surface area (Å²) in [6, 6.07) is 0.0408. The van der Waals surface area contributed by atoms with Crippen molar-refractivity contribution < 1.29 is 19.4 Å². The van der Waals surface area contributed by atoms with Gasteiger partial charge in [0.2, 0.25) is 0 Å². The van der Waals surface area contributed by atoms with Gasteiger partial charge in [-0.05, 0) is 13.8 Å². The van der Waals surface area contributed by atoms with Crippen LogP contribution in [0.5, 0.6) is 0 Å². The Morgan fingerprint density at radius 3 is 2.73 bits per heavy atom. The van der Waals surface area contributed by atoms with Crippen molar-refractivity contribution >= 4 is 5.97 Å². The zero-order chi connectivity index (χ0) is 11.2. The molecule has 1 heterocycles. The zero-order valence-corrected chi connectivity index (χ0v) is 9.19. The summed E-state index contributed by atoms with van der Waals surface area (Å²) >= 11 is 0. The normalized spacial score (nSPS) is 42.7. The molecular formula is C10H17NO4. The summed E-state index contributed by atoms with van der Waals surface area (Å²) in [4.78, 5) is 11.3. The molecule has 5 nitrogen and oxygen atoms in total. The van der Waals surface area contributed by atoms with Gasteiger partial charge in [-0.2, -0.15) is 0 Å². The monoisotopic (exact) mass is 215 g/mol. The third kappa shape index (κ3) is 1.87. The molecule has 0 radical (unpaired) electrons. The van der Waals surface area contributed by atoms with Gasteiger partial charge >= 0.3 is 5.97 Å². The van der Waals surface area contributed by atoms with Crippen LogP contribution < -0.4 is 5.32 Å². The van der Waals surface area contributed by atoms with Gasteiger partial charge in [-0.15, -0.1) is 0 Å². The molecule has 15 heavy (non-hydrogen) atoms.